The summed E-state index contributed by atoms with van der Waals surface area (Å²) in [6.07, 6.45) is 3.49. The van der Waals surface area contributed by atoms with Gasteiger partial charge in [-0.1, -0.05) is 37.1 Å². The molecular weight excluding hydrogens is 384 g/mol. The molecule has 0 aromatic carbocycles. The number of hydrogen-bond donors (Lipinski definition) is 1. The average molecular weight is 421 g/mol. The van der Waals surface area contributed by atoms with Crippen LogP contribution in [-0.2, 0) is 18.8 Å². The maximum Gasteiger partial charge on any atom is 0.241 e. The van der Waals surface area contributed by atoms with E-state index in [0.29, 0.717) is 5.76 Å². The van der Waals surface area contributed by atoms with Crippen LogP contribution in [-0.4, -0.2) is 36.4 Å². The molecule has 1 aliphatic rings. The van der Waals surface area contributed by atoms with Crippen LogP contribution < -0.4 is 0 Å². The van der Waals surface area contributed by atoms with Gasteiger partial charge < -0.3 is 9.53 Å². The van der Waals surface area contributed by atoms with Crippen molar-refractivity contribution < 1.29 is 23.9 Å². The second-order valence-electron chi connectivity index (χ2n) is 9.55. The van der Waals surface area contributed by atoms with E-state index in [1.54, 1.807) is 12.2 Å². The Morgan fingerprint density at radius 2 is 1.62 bits per heavy atom. The van der Waals surface area contributed by atoms with Crippen LogP contribution >= 0.6 is 0 Å². The average Bonchev–Trinajstić information content (AvgIpc) is 2.75. The summed E-state index contributed by atoms with van der Waals surface area (Å²) in [6.45, 7) is 17.0. The molecule has 0 bridgehead atoms. The minimum atomic E-state index is -2.35. The summed E-state index contributed by atoms with van der Waals surface area (Å²) in [5, 5.41) is 11.3. The van der Waals surface area contributed by atoms with Gasteiger partial charge in [0, 0.05) is 12.3 Å². The number of rotatable bonds is 8. The molecular formula is C23H36O5Si. The van der Waals surface area contributed by atoms with Crippen LogP contribution in [0.5, 0.6) is 0 Å². The summed E-state index contributed by atoms with van der Waals surface area (Å²) in [7, 11) is -2.12. The third-order valence-electron chi connectivity index (χ3n) is 4.71. The fourth-order valence-corrected chi connectivity index (χ4v) is 4.25. The van der Waals surface area contributed by atoms with Gasteiger partial charge in [0.05, 0.1) is 11.7 Å². The third-order valence-corrected chi connectivity index (χ3v) is 5.54. The van der Waals surface area contributed by atoms with Crippen LogP contribution in [0, 0.1) is 11.8 Å². The van der Waals surface area contributed by atoms with Gasteiger partial charge in [0.25, 0.3) is 0 Å². The van der Waals surface area contributed by atoms with E-state index in [2.05, 4.69) is 0 Å². The van der Waals surface area contributed by atoms with Crippen molar-refractivity contribution >= 4 is 25.7 Å². The molecule has 1 rings (SSSR count). The Morgan fingerprint density at radius 3 is 2.03 bits per heavy atom. The molecule has 5 nitrogen and oxygen atoms in total. The fourth-order valence-electron chi connectivity index (χ4n) is 3.25. The first kappa shape index (κ1) is 25.2. The van der Waals surface area contributed by atoms with E-state index in [0.717, 1.165) is 11.1 Å². The monoisotopic (exact) mass is 420 g/mol. The van der Waals surface area contributed by atoms with Crippen LogP contribution in [0.15, 0.2) is 34.6 Å². The van der Waals surface area contributed by atoms with Gasteiger partial charge in [-0.2, -0.15) is 0 Å². The lowest BCUT2D eigenvalue weighted by Gasteiger charge is -2.26. The Morgan fingerprint density at radius 1 is 1.10 bits per heavy atom. The minimum Gasteiger partial charge on any atom is -0.546 e. The molecule has 6 heteroatoms. The van der Waals surface area contributed by atoms with E-state index < -0.39 is 37.2 Å². The molecule has 0 heterocycles. The van der Waals surface area contributed by atoms with E-state index in [4.69, 9.17) is 4.43 Å². The Bertz CT molecular complexity index is 772. The Balaban J connectivity index is 3.65. The number of ketones is 3. The van der Waals surface area contributed by atoms with Crippen molar-refractivity contribution in [2.24, 2.45) is 11.8 Å². The lowest BCUT2D eigenvalue weighted by molar-refractivity contribution is -0.152. The van der Waals surface area contributed by atoms with Crippen molar-refractivity contribution in [3.63, 3.8) is 0 Å². The summed E-state index contributed by atoms with van der Waals surface area (Å²) >= 11 is 0. The predicted molar refractivity (Wildman–Crippen MR) is 118 cm³/mol. The molecule has 0 unspecified atom stereocenters. The normalized spacial score (nSPS) is 23.9. The van der Waals surface area contributed by atoms with Crippen LogP contribution in [0.2, 0.25) is 19.6 Å². The first-order valence-electron chi connectivity index (χ1n) is 10.2. The lowest BCUT2D eigenvalue weighted by Crippen LogP contribution is -2.49. The maximum atomic E-state index is 13.4. The molecule has 0 aliphatic heterocycles. The summed E-state index contributed by atoms with van der Waals surface area (Å²) < 4.78 is 6.10. The second kappa shape index (κ2) is 9.35. The van der Waals surface area contributed by atoms with Gasteiger partial charge >= 0.3 is 0 Å². The van der Waals surface area contributed by atoms with Crippen LogP contribution in [0.25, 0.3) is 0 Å². The van der Waals surface area contributed by atoms with E-state index >= 15 is 0 Å². The first-order chi connectivity index (χ1) is 13.1. The molecule has 2 atom stereocenters. The number of carbonyl (C=O) groups is 3. The van der Waals surface area contributed by atoms with Crippen LogP contribution in [0.4, 0.5) is 0 Å². The molecule has 0 aromatic rings. The zero-order valence-electron chi connectivity index (χ0n) is 19.3. The summed E-state index contributed by atoms with van der Waals surface area (Å²) in [5.74, 6) is -3.00. The molecule has 1 aliphatic carbocycles. The molecule has 1 N–H and O–H groups in total. The number of Topliss-reactive ketones (excluding diaryl/α,β-unsaturated/α-hetero) is 3. The molecule has 0 saturated heterocycles. The molecule has 0 spiro atoms. The largest absolute Gasteiger partial charge is 0.546 e. The zero-order chi connectivity index (χ0) is 22.7. The van der Waals surface area contributed by atoms with E-state index in [9.17, 15) is 19.5 Å². The SMILES string of the molecule is CC(C)=CCC(=O)[C@@]1(O)C(=O)/C(=C(/O[Si](C)(C)C)C(C)C)C(=O)[C@H]1CC=C(C)C. The van der Waals surface area contributed by atoms with Crippen LogP contribution in [0.3, 0.4) is 0 Å². The van der Waals surface area contributed by atoms with E-state index in [1.807, 2.05) is 61.2 Å². The predicted octanol–water partition coefficient (Wildman–Crippen LogP) is 4.53. The van der Waals surface area contributed by atoms with Crippen molar-refractivity contribution in [1.82, 2.24) is 0 Å². The smallest absolute Gasteiger partial charge is 0.241 e. The van der Waals surface area contributed by atoms with Crippen molar-refractivity contribution in [1.29, 1.82) is 0 Å². The molecule has 29 heavy (non-hydrogen) atoms. The van der Waals surface area contributed by atoms with Gasteiger partial charge in [-0.25, -0.2) is 0 Å². The van der Waals surface area contributed by atoms with E-state index in [-0.39, 0.29) is 24.3 Å². The molecule has 1 saturated carbocycles. The topological polar surface area (TPSA) is 80.7 Å². The molecule has 1 fully saturated rings. The van der Waals surface area contributed by atoms with Crippen LogP contribution in [0.1, 0.15) is 54.4 Å². The Hall–Kier alpha value is -1.79. The van der Waals surface area contributed by atoms with Gasteiger partial charge in [-0.15, -0.1) is 0 Å². The van der Waals surface area contributed by atoms with Crippen molar-refractivity contribution in [3.05, 3.63) is 34.6 Å². The van der Waals surface area contributed by atoms with Gasteiger partial charge in [0.1, 0.15) is 5.57 Å². The maximum absolute atomic E-state index is 13.4. The minimum absolute atomic E-state index is 0.0949. The van der Waals surface area contributed by atoms with E-state index in [1.165, 1.54) is 0 Å². The number of hydrogen-bond acceptors (Lipinski definition) is 5. The van der Waals surface area contributed by atoms with Crippen molar-refractivity contribution in [2.75, 3.05) is 0 Å². The molecule has 0 amide bonds. The summed E-state index contributed by atoms with van der Waals surface area (Å²) in [4.78, 5) is 39.6. The third kappa shape index (κ3) is 5.86. The fraction of sp³-hybridized carbons (Fsp3) is 0.609. The Kier molecular flexibility index (Phi) is 8.14. The summed E-state index contributed by atoms with van der Waals surface area (Å²) in [6, 6.07) is 0. The van der Waals surface area contributed by atoms with Gasteiger partial charge in [-0.3, -0.25) is 14.4 Å². The lowest BCUT2D eigenvalue weighted by atomic mass is 9.82. The standard InChI is InChI=1S/C23H36O5Si/c1-14(2)10-12-17-20(25)19(21(16(5)6)28-29(7,8)9)22(26)23(17,27)18(24)13-11-15(3)4/h10-11,16-17,27H,12-13H2,1-9H3/b21-19+/t17-,23-/m1/s1. The van der Waals surface area contributed by atoms with Gasteiger partial charge in [0.2, 0.25) is 14.1 Å². The quantitative estimate of drug-likeness (QED) is 0.156. The zero-order valence-corrected chi connectivity index (χ0v) is 20.3. The summed E-state index contributed by atoms with van der Waals surface area (Å²) in [5.41, 5.74) is -0.639. The number of allylic oxidation sites excluding steroid dienone is 5. The second-order valence-corrected chi connectivity index (χ2v) is 14.0. The highest BCUT2D eigenvalue weighted by molar-refractivity contribution is 6.70. The van der Waals surface area contributed by atoms with Gasteiger partial charge in [-0.05, 0) is 53.8 Å². The number of carbonyl (C=O) groups excluding carboxylic acids is 3. The highest BCUT2D eigenvalue weighted by Crippen LogP contribution is 2.41. The van der Waals surface area contributed by atoms with Gasteiger partial charge in [0.15, 0.2) is 17.2 Å². The van der Waals surface area contributed by atoms with Crippen molar-refractivity contribution in [2.45, 2.75) is 79.6 Å². The molecule has 162 valence electrons. The Labute approximate surface area is 176 Å². The molecule has 0 aromatic heterocycles. The molecule has 0 radical (unpaired) electrons. The highest BCUT2D eigenvalue weighted by Gasteiger charge is 2.61. The number of aliphatic hydroxyl groups is 1. The van der Waals surface area contributed by atoms with Crippen molar-refractivity contribution in [3.8, 4) is 0 Å². The highest BCUT2D eigenvalue weighted by atomic mass is 28.4. The first-order valence-corrected chi connectivity index (χ1v) is 13.6.